The minimum atomic E-state index is 0.269. The summed E-state index contributed by atoms with van der Waals surface area (Å²) in [5.74, 6) is 0. The molecule has 0 bridgehead atoms. The molecule has 96 valence electrons. The zero-order valence-electron chi connectivity index (χ0n) is 10.7. The molecular formula is C14H22ClNO. The quantitative estimate of drug-likeness (QED) is 0.714. The number of nitrogens with one attached hydrogen (secondary N) is 1. The first-order chi connectivity index (χ1) is 8.29. The van der Waals surface area contributed by atoms with Crippen LogP contribution in [0.25, 0.3) is 0 Å². The van der Waals surface area contributed by atoms with E-state index in [1.54, 1.807) is 0 Å². The molecule has 1 aromatic carbocycles. The van der Waals surface area contributed by atoms with Gasteiger partial charge in [-0.3, -0.25) is 0 Å². The van der Waals surface area contributed by atoms with Crippen molar-refractivity contribution in [3.8, 4) is 0 Å². The van der Waals surface area contributed by atoms with Crippen LogP contribution in [0.15, 0.2) is 24.3 Å². The van der Waals surface area contributed by atoms with Gasteiger partial charge in [0.1, 0.15) is 0 Å². The molecule has 2 nitrogen and oxygen atoms in total. The number of hydrogen-bond acceptors (Lipinski definition) is 2. The summed E-state index contributed by atoms with van der Waals surface area (Å²) in [7, 11) is 1.96. The van der Waals surface area contributed by atoms with Crippen molar-refractivity contribution < 1.29 is 4.74 Å². The van der Waals surface area contributed by atoms with Crippen LogP contribution in [-0.2, 0) is 4.74 Å². The number of ether oxygens (including phenoxy) is 1. The Morgan fingerprint density at radius 3 is 2.71 bits per heavy atom. The second kappa shape index (κ2) is 8.51. The molecule has 0 saturated heterocycles. The molecule has 0 saturated carbocycles. The van der Waals surface area contributed by atoms with Crippen LogP contribution in [0.4, 0.5) is 0 Å². The van der Waals surface area contributed by atoms with E-state index in [0.29, 0.717) is 0 Å². The van der Waals surface area contributed by atoms with Gasteiger partial charge < -0.3 is 10.1 Å². The Morgan fingerprint density at radius 2 is 2.06 bits per heavy atom. The van der Waals surface area contributed by atoms with Crippen molar-refractivity contribution in [3.05, 3.63) is 34.9 Å². The molecule has 0 amide bonds. The highest BCUT2D eigenvalue weighted by Gasteiger charge is 2.11. The fourth-order valence-electron chi connectivity index (χ4n) is 1.76. The van der Waals surface area contributed by atoms with E-state index < -0.39 is 0 Å². The lowest BCUT2D eigenvalue weighted by atomic mass is 10.0. The van der Waals surface area contributed by atoms with Crippen molar-refractivity contribution in [2.45, 2.75) is 32.2 Å². The van der Waals surface area contributed by atoms with E-state index in [1.165, 1.54) is 6.42 Å². The summed E-state index contributed by atoms with van der Waals surface area (Å²) in [6.45, 7) is 3.80. The molecular weight excluding hydrogens is 234 g/mol. The van der Waals surface area contributed by atoms with Crippen molar-refractivity contribution >= 4 is 11.6 Å². The zero-order chi connectivity index (χ0) is 12.5. The molecule has 0 aromatic heterocycles. The van der Waals surface area contributed by atoms with Gasteiger partial charge in [0, 0.05) is 24.3 Å². The lowest BCUT2D eigenvalue weighted by Gasteiger charge is -2.17. The third kappa shape index (κ3) is 5.07. The first-order valence-corrected chi connectivity index (χ1v) is 6.66. The maximum Gasteiger partial charge on any atom is 0.0484 e. The summed E-state index contributed by atoms with van der Waals surface area (Å²) >= 11 is 6.18. The lowest BCUT2D eigenvalue weighted by Crippen LogP contribution is -2.18. The summed E-state index contributed by atoms with van der Waals surface area (Å²) < 4.78 is 5.58. The number of rotatable bonds is 8. The fourth-order valence-corrected chi connectivity index (χ4v) is 2.03. The molecule has 1 atom stereocenters. The molecule has 1 rings (SSSR count). The Morgan fingerprint density at radius 1 is 1.29 bits per heavy atom. The average molecular weight is 256 g/mol. The van der Waals surface area contributed by atoms with Crippen LogP contribution in [0.3, 0.4) is 0 Å². The van der Waals surface area contributed by atoms with Gasteiger partial charge in [-0.05, 0) is 31.5 Å². The van der Waals surface area contributed by atoms with Crippen LogP contribution in [0.5, 0.6) is 0 Å². The van der Waals surface area contributed by atoms with Crippen molar-refractivity contribution in [1.29, 1.82) is 0 Å². The number of benzene rings is 1. The van der Waals surface area contributed by atoms with Crippen molar-refractivity contribution in [3.63, 3.8) is 0 Å². The van der Waals surface area contributed by atoms with Crippen molar-refractivity contribution in [1.82, 2.24) is 5.32 Å². The van der Waals surface area contributed by atoms with Gasteiger partial charge in [0.25, 0.3) is 0 Å². The monoisotopic (exact) mass is 255 g/mol. The molecule has 0 aliphatic carbocycles. The molecule has 0 aliphatic heterocycles. The van der Waals surface area contributed by atoms with Gasteiger partial charge >= 0.3 is 0 Å². The Bertz CT molecular complexity index is 317. The highest BCUT2D eigenvalue weighted by molar-refractivity contribution is 6.31. The standard InChI is InChI=1S/C14H22ClNO/c1-3-4-10-17-11-9-14(16-2)12-7-5-6-8-13(12)15/h5-8,14,16H,3-4,9-11H2,1-2H3. The average Bonchev–Trinajstić information content (AvgIpc) is 2.35. The summed E-state index contributed by atoms with van der Waals surface area (Å²) in [4.78, 5) is 0. The minimum absolute atomic E-state index is 0.269. The van der Waals surface area contributed by atoms with Crippen molar-refractivity contribution in [2.24, 2.45) is 0 Å². The molecule has 0 fully saturated rings. The zero-order valence-corrected chi connectivity index (χ0v) is 11.5. The van der Waals surface area contributed by atoms with Crippen LogP contribution in [0.2, 0.25) is 5.02 Å². The fraction of sp³-hybridized carbons (Fsp3) is 0.571. The van der Waals surface area contributed by atoms with Crippen LogP contribution >= 0.6 is 11.6 Å². The van der Waals surface area contributed by atoms with E-state index in [4.69, 9.17) is 16.3 Å². The van der Waals surface area contributed by atoms with Gasteiger partial charge in [0.15, 0.2) is 0 Å². The number of hydrogen-bond donors (Lipinski definition) is 1. The smallest absolute Gasteiger partial charge is 0.0484 e. The van der Waals surface area contributed by atoms with Gasteiger partial charge in [-0.1, -0.05) is 43.1 Å². The molecule has 1 unspecified atom stereocenters. The first-order valence-electron chi connectivity index (χ1n) is 6.29. The molecule has 17 heavy (non-hydrogen) atoms. The topological polar surface area (TPSA) is 21.3 Å². The van der Waals surface area contributed by atoms with E-state index in [0.717, 1.165) is 36.6 Å². The first kappa shape index (κ1) is 14.5. The van der Waals surface area contributed by atoms with E-state index in [9.17, 15) is 0 Å². The number of unbranched alkanes of at least 4 members (excludes halogenated alkanes) is 1. The Hall–Kier alpha value is -0.570. The molecule has 1 N–H and O–H groups in total. The minimum Gasteiger partial charge on any atom is -0.381 e. The molecule has 0 heterocycles. The molecule has 0 spiro atoms. The van der Waals surface area contributed by atoms with E-state index in [1.807, 2.05) is 25.2 Å². The van der Waals surface area contributed by atoms with E-state index in [2.05, 4.69) is 18.3 Å². The molecule has 1 aromatic rings. The second-order valence-electron chi connectivity index (χ2n) is 4.12. The predicted octanol–water partition coefficient (Wildman–Crippen LogP) is 3.81. The molecule has 3 heteroatoms. The second-order valence-corrected chi connectivity index (χ2v) is 4.52. The van der Waals surface area contributed by atoms with Gasteiger partial charge in [0.05, 0.1) is 0 Å². The van der Waals surface area contributed by atoms with Crippen LogP contribution in [-0.4, -0.2) is 20.3 Å². The highest BCUT2D eigenvalue weighted by atomic mass is 35.5. The van der Waals surface area contributed by atoms with E-state index >= 15 is 0 Å². The van der Waals surface area contributed by atoms with Crippen LogP contribution < -0.4 is 5.32 Å². The normalized spacial score (nSPS) is 12.6. The maximum absolute atomic E-state index is 6.18. The van der Waals surface area contributed by atoms with Crippen LogP contribution in [0, 0.1) is 0 Å². The summed E-state index contributed by atoms with van der Waals surface area (Å²) in [6.07, 6.45) is 3.26. The Balaban J connectivity index is 2.41. The summed E-state index contributed by atoms with van der Waals surface area (Å²) in [5.41, 5.74) is 1.15. The predicted molar refractivity (Wildman–Crippen MR) is 73.6 cm³/mol. The third-order valence-electron chi connectivity index (χ3n) is 2.82. The maximum atomic E-state index is 6.18. The molecule has 0 aliphatic rings. The van der Waals surface area contributed by atoms with Gasteiger partial charge in [-0.15, -0.1) is 0 Å². The van der Waals surface area contributed by atoms with Gasteiger partial charge in [-0.25, -0.2) is 0 Å². The third-order valence-corrected chi connectivity index (χ3v) is 3.17. The van der Waals surface area contributed by atoms with Gasteiger partial charge in [0.2, 0.25) is 0 Å². The largest absolute Gasteiger partial charge is 0.381 e. The SMILES string of the molecule is CCCCOCCC(NC)c1ccccc1Cl. The van der Waals surface area contributed by atoms with E-state index in [-0.39, 0.29) is 6.04 Å². The highest BCUT2D eigenvalue weighted by Crippen LogP contribution is 2.24. The number of halogens is 1. The lowest BCUT2D eigenvalue weighted by molar-refractivity contribution is 0.122. The summed E-state index contributed by atoms with van der Waals surface area (Å²) in [6, 6.07) is 8.24. The molecule has 0 radical (unpaired) electrons. The van der Waals surface area contributed by atoms with Gasteiger partial charge in [-0.2, -0.15) is 0 Å². The Labute approximate surface area is 109 Å². The Kier molecular flexibility index (Phi) is 7.25. The van der Waals surface area contributed by atoms with Crippen molar-refractivity contribution in [2.75, 3.05) is 20.3 Å². The summed E-state index contributed by atoms with van der Waals surface area (Å²) in [5, 5.41) is 4.11. The van der Waals surface area contributed by atoms with Crippen LogP contribution in [0.1, 0.15) is 37.8 Å².